The molecular weight excluding hydrogens is 395 g/mol. The predicted octanol–water partition coefficient (Wildman–Crippen LogP) is 5.01. The van der Waals surface area contributed by atoms with Gasteiger partial charge >= 0.3 is 0 Å². The number of likely N-dealkylation sites (tertiary alicyclic amines) is 1. The van der Waals surface area contributed by atoms with Crippen LogP contribution in [0.5, 0.6) is 0 Å². The quantitative estimate of drug-likeness (QED) is 0.662. The molecule has 4 rings (SSSR count). The number of halogens is 2. The van der Waals surface area contributed by atoms with E-state index >= 15 is 0 Å². The van der Waals surface area contributed by atoms with Crippen LogP contribution in [0.4, 0.5) is 5.69 Å². The molecule has 1 saturated heterocycles. The van der Waals surface area contributed by atoms with Gasteiger partial charge in [0.25, 0.3) is 11.8 Å². The second-order valence-corrected chi connectivity index (χ2v) is 8.21. The summed E-state index contributed by atoms with van der Waals surface area (Å²) in [5.41, 5.74) is 2.04. The number of rotatable bonds is 3. The fraction of sp³-hybridized carbons (Fsp3) is 0.273. The van der Waals surface area contributed by atoms with E-state index in [1.165, 1.54) is 4.90 Å². The van der Waals surface area contributed by atoms with Crippen LogP contribution in [0.1, 0.15) is 25.3 Å². The minimum atomic E-state index is -0.344. The molecule has 2 amide bonds. The lowest BCUT2D eigenvalue weighted by Gasteiger charge is -2.32. The Bertz CT molecular complexity index is 944. The van der Waals surface area contributed by atoms with E-state index in [0.29, 0.717) is 32.9 Å². The van der Waals surface area contributed by atoms with Crippen molar-refractivity contribution in [2.24, 2.45) is 5.92 Å². The van der Waals surface area contributed by atoms with Crippen molar-refractivity contribution >= 4 is 46.3 Å². The fourth-order valence-electron chi connectivity index (χ4n) is 3.81. The molecule has 0 aromatic heterocycles. The Balaban J connectivity index is 1.81. The van der Waals surface area contributed by atoms with E-state index in [0.717, 1.165) is 31.5 Å². The van der Waals surface area contributed by atoms with Crippen LogP contribution in [0.15, 0.2) is 54.2 Å². The monoisotopic (exact) mass is 414 g/mol. The molecular formula is C22H20Cl2N2O2. The van der Waals surface area contributed by atoms with Gasteiger partial charge in [-0.05, 0) is 42.5 Å². The Morgan fingerprint density at radius 3 is 2.11 bits per heavy atom. The summed E-state index contributed by atoms with van der Waals surface area (Å²) in [6.45, 7) is 3.73. The highest BCUT2D eigenvalue weighted by Crippen LogP contribution is 2.37. The van der Waals surface area contributed by atoms with Crippen molar-refractivity contribution in [3.05, 3.63) is 69.8 Å². The van der Waals surface area contributed by atoms with Crippen LogP contribution in [0.3, 0.4) is 0 Å². The van der Waals surface area contributed by atoms with Gasteiger partial charge in [-0.25, -0.2) is 4.90 Å². The van der Waals surface area contributed by atoms with Crippen LogP contribution in [-0.2, 0) is 9.59 Å². The van der Waals surface area contributed by atoms with E-state index < -0.39 is 0 Å². The normalized spacial score (nSPS) is 18.4. The number of carbonyl (C=O) groups excluding carboxylic acids is 2. The zero-order chi connectivity index (χ0) is 19.8. The minimum Gasteiger partial charge on any atom is -0.366 e. The van der Waals surface area contributed by atoms with Crippen LogP contribution in [0, 0.1) is 5.92 Å². The molecule has 0 atom stereocenters. The molecule has 144 valence electrons. The molecule has 0 saturated carbocycles. The molecule has 6 heteroatoms. The van der Waals surface area contributed by atoms with Gasteiger partial charge in [0.1, 0.15) is 5.70 Å². The predicted molar refractivity (Wildman–Crippen MR) is 112 cm³/mol. The lowest BCUT2D eigenvalue weighted by molar-refractivity contribution is -0.120. The summed E-state index contributed by atoms with van der Waals surface area (Å²) in [5, 5.41) is 0.759. The van der Waals surface area contributed by atoms with Gasteiger partial charge in [0.15, 0.2) is 0 Å². The summed E-state index contributed by atoms with van der Waals surface area (Å²) in [6.07, 6.45) is 1.99. The number of imide groups is 1. The molecule has 0 N–H and O–H groups in total. The number of hydrogen-bond acceptors (Lipinski definition) is 3. The fourth-order valence-corrected chi connectivity index (χ4v) is 4.33. The van der Waals surface area contributed by atoms with Crippen molar-refractivity contribution in [3.8, 4) is 0 Å². The van der Waals surface area contributed by atoms with Gasteiger partial charge in [0.2, 0.25) is 0 Å². The van der Waals surface area contributed by atoms with E-state index in [4.69, 9.17) is 23.2 Å². The first-order chi connectivity index (χ1) is 13.5. The second kappa shape index (κ2) is 7.61. The first-order valence-electron chi connectivity index (χ1n) is 9.35. The number of hydrogen-bond donors (Lipinski definition) is 0. The maximum atomic E-state index is 13.4. The van der Waals surface area contributed by atoms with Crippen LogP contribution in [0.2, 0.25) is 10.0 Å². The molecule has 0 unspecified atom stereocenters. The Hall–Kier alpha value is -2.30. The van der Waals surface area contributed by atoms with Crippen LogP contribution in [0.25, 0.3) is 5.57 Å². The molecule has 0 spiro atoms. The Kier molecular flexibility index (Phi) is 5.17. The maximum Gasteiger partial charge on any atom is 0.282 e. The third kappa shape index (κ3) is 3.43. The highest BCUT2D eigenvalue weighted by Gasteiger charge is 2.43. The van der Waals surface area contributed by atoms with E-state index in [-0.39, 0.29) is 11.8 Å². The summed E-state index contributed by atoms with van der Waals surface area (Å²) in [6, 6.07) is 14.1. The van der Waals surface area contributed by atoms with E-state index in [9.17, 15) is 9.59 Å². The van der Waals surface area contributed by atoms with Gasteiger partial charge in [0, 0.05) is 23.1 Å². The Morgan fingerprint density at radius 1 is 0.893 bits per heavy atom. The van der Waals surface area contributed by atoms with Crippen molar-refractivity contribution < 1.29 is 9.59 Å². The SMILES string of the molecule is CC1CCN(C2=C(c3ccccc3)C(=O)N(c3cc(Cl)cc(Cl)c3)C2=O)CC1. The summed E-state index contributed by atoms with van der Waals surface area (Å²) in [7, 11) is 0. The molecule has 2 aliphatic rings. The van der Waals surface area contributed by atoms with Crippen LogP contribution >= 0.6 is 23.2 Å². The molecule has 2 aromatic rings. The molecule has 1 fully saturated rings. The van der Waals surface area contributed by atoms with E-state index in [1.54, 1.807) is 18.2 Å². The first kappa shape index (κ1) is 19.0. The van der Waals surface area contributed by atoms with Crippen molar-refractivity contribution in [1.82, 2.24) is 4.90 Å². The van der Waals surface area contributed by atoms with Gasteiger partial charge in [-0.3, -0.25) is 9.59 Å². The van der Waals surface area contributed by atoms with Crippen molar-refractivity contribution in [3.63, 3.8) is 0 Å². The zero-order valence-electron chi connectivity index (χ0n) is 15.5. The van der Waals surface area contributed by atoms with Crippen LogP contribution in [-0.4, -0.2) is 29.8 Å². The van der Waals surface area contributed by atoms with Gasteiger partial charge in [0.05, 0.1) is 11.3 Å². The van der Waals surface area contributed by atoms with Gasteiger partial charge in [-0.1, -0.05) is 60.5 Å². The summed E-state index contributed by atoms with van der Waals surface area (Å²) >= 11 is 12.2. The number of piperidine rings is 1. The third-order valence-electron chi connectivity index (χ3n) is 5.33. The maximum absolute atomic E-state index is 13.4. The number of amides is 2. The first-order valence-corrected chi connectivity index (χ1v) is 10.1. The molecule has 0 aliphatic carbocycles. The van der Waals surface area contributed by atoms with Gasteiger partial charge in [-0.15, -0.1) is 0 Å². The lowest BCUT2D eigenvalue weighted by atomic mass is 9.97. The smallest absolute Gasteiger partial charge is 0.282 e. The minimum absolute atomic E-state index is 0.322. The number of nitrogens with zero attached hydrogens (tertiary/aromatic N) is 2. The average molecular weight is 415 g/mol. The highest BCUT2D eigenvalue weighted by atomic mass is 35.5. The topological polar surface area (TPSA) is 40.6 Å². The summed E-state index contributed by atoms with van der Waals surface area (Å²) in [5.74, 6) is -0.0491. The second-order valence-electron chi connectivity index (χ2n) is 7.33. The van der Waals surface area contributed by atoms with Crippen molar-refractivity contribution in [1.29, 1.82) is 0 Å². The molecule has 2 aromatic carbocycles. The average Bonchev–Trinajstić information content (AvgIpc) is 2.93. The van der Waals surface area contributed by atoms with Gasteiger partial charge < -0.3 is 4.90 Å². The molecule has 0 radical (unpaired) electrons. The third-order valence-corrected chi connectivity index (χ3v) is 5.76. The Labute approximate surface area is 174 Å². The summed E-state index contributed by atoms with van der Waals surface area (Å²) in [4.78, 5) is 30.1. The van der Waals surface area contributed by atoms with Crippen molar-refractivity contribution in [2.75, 3.05) is 18.0 Å². The summed E-state index contributed by atoms with van der Waals surface area (Å²) < 4.78 is 0. The van der Waals surface area contributed by atoms with E-state index in [1.807, 2.05) is 30.3 Å². The molecule has 0 bridgehead atoms. The van der Waals surface area contributed by atoms with Crippen LogP contribution < -0.4 is 4.90 Å². The number of benzene rings is 2. The molecule has 2 aliphatic heterocycles. The molecule has 4 nitrogen and oxygen atoms in total. The standard InChI is InChI=1S/C22H20Cl2N2O2/c1-14-7-9-25(10-8-14)20-19(15-5-3-2-4-6-15)21(27)26(22(20)28)18-12-16(23)11-17(24)13-18/h2-6,11-14H,7-10H2,1H3. The largest absolute Gasteiger partial charge is 0.366 e. The molecule has 2 heterocycles. The number of carbonyl (C=O) groups is 2. The molecule has 28 heavy (non-hydrogen) atoms. The number of anilines is 1. The van der Waals surface area contributed by atoms with E-state index in [2.05, 4.69) is 11.8 Å². The van der Waals surface area contributed by atoms with Crippen molar-refractivity contribution in [2.45, 2.75) is 19.8 Å². The van der Waals surface area contributed by atoms with Gasteiger partial charge in [-0.2, -0.15) is 0 Å². The highest BCUT2D eigenvalue weighted by molar-refractivity contribution is 6.46. The Morgan fingerprint density at radius 2 is 1.50 bits per heavy atom. The lowest BCUT2D eigenvalue weighted by Crippen LogP contribution is -2.38. The zero-order valence-corrected chi connectivity index (χ0v) is 17.0.